The van der Waals surface area contributed by atoms with E-state index in [1.165, 1.54) is 12.1 Å². The molecule has 0 fully saturated rings. The standard InChI is InChI=1S/C14H22N2O3S/c1-3-11(7-8-15)10-16-14(17)12-5-4-6-13(9-12)20(2,18)19/h4-6,9,11H,3,7-8,10,15H2,1-2H3,(H,16,17). The minimum atomic E-state index is -3.30. The third-order valence-corrected chi connectivity index (χ3v) is 4.34. The largest absolute Gasteiger partial charge is 0.352 e. The Labute approximate surface area is 120 Å². The molecule has 1 atom stereocenters. The molecule has 5 nitrogen and oxygen atoms in total. The van der Waals surface area contributed by atoms with E-state index in [-0.39, 0.29) is 10.8 Å². The fraction of sp³-hybridized carbons (Fsp3) is 0.500. The van der Waals surface area contributed by atoms with Crippen LogP contribution in [0.15, 0.2) is 29.2 Å². The van der Waals surface area contributed by atoms with E-state index in [4.69, 9.17) is 5.73 Å². The number of benzene rings is 1. The van der Waals surface area contributed by atoms with Gasteiger partial charge in [-0.2, -0.15) is 0 Å². The molecule has 0 bridgehead atoms. The lowest BCUT2D eigenvalue weighted by Gasteiger charge is -2.14. The van der Waals surface area contributed by atoms with Crippen LogP contribution in [0, 0.1) is 5.92 Å². The first-order valence-electron chi connectivity index (χ1n) is 6.66. The molecular weight excluding hydrogens is 276 g/mol. The van der Waals surface area contributed by atoms with Gasteiger partial charge in [0.25, 0.3) is 5.91 Å². The molecule has 3 N–H and O–H groups in total. The lowest BCUT2D eigenvalue weighted by molar-refractivity contribution is 0.0946. The van der Waals surface area contributed by atoms with Gasteiger partial charge >= 0.3 is 0 Å². The number of nitrogens with one attached hydrogen (secondary N) is 1. The van der Waals surface area contributed by atoms with Crippen molar-refractivity contribution in [2.75, 3.05) is 19.3 Å². The minimum absolute atomic E-state index is 0.152. The topological polar surface area (TPSA) is 89.3 Å². The SMILES string of the molecule is CCC(CCN)CNC(=O)c1cccc(S(C)(=O)=O)c1. The Morgan fingerprint density at radius 2 is 2.10 bits per heavy atom. The first-order chi connectivity index (χ1) is 9.38. The van der Waals surface area contributed by atoms with Gasteiger partial charge in [-0.15, -0.1) is 0 Å². The normalized spacial score (nSPS) is 12.9. The Bertz CT molecular complexity index is 555. The molecule has 0 spiro atoms. The highest BCUT2D eigenvalue weighted by Gasteiger charge is 2.13. The lowest BCUT2D eigenvalue weighted by Crippen LogP contribution is -2.30. The third kappa shape index (κ3) is 4.94. The molecule has 0 saturated carbocycles. The van der Waals surface area contributed by atoms with E-state index in [9.17, 15) is 13.2 Å². The van der Waals surface area contributed by atoms with Crippen LogP contribution < -0.4 is 11.1 Å². The maximum Gasteiger partial charge on any atom is 0.251 e. The van der Waals surface area contributed by atoms with Crippen molar-refractivity contribution in [3.05, 3.63) is 29.8 Å². The fourth-order valence-corrected chi connectivity index (χ4v) is 2.56. The molecule has 1 amide bonds. The fourth-order valence-electron chi connectivity index (χ4n) is 1.89. The van der Waals surface area contributed by atoms with Crippen molar-refractivity contribution >= 4 is 15.7 Å². The summed E-state index contributed by atoms with van der Waals surface area (Å²) < 4.78 is 22.9. The Morgan fingerprint density at radius 1 is 1.40 bits per heavy atom. The van der Waals surface area contributed by atoms with Crippen LogP contribution in [0.4, 0.5) is 0 Å². The summed E-state index contributed by atoms with van der Waals surface area (Å²) in [5.41, 5.74) is 5.87. The first-order valence-corrected chi connectivity index (χ1v) is 8.56. The summed E-state index contributed by atoms with van der Waals surface area (Å²) in [6.07, 6.45) is 2.93. The van der Waals surface area contributed by atoms with Crippen molar-refractivity contribution in [3.8, 4) is 0 Å². The Balaban J connectivity index is 2.73. The predicted molar refractivity (Wildman–Crippen MR) is 79.3 cm³/mol. The van der Waals surface area contributed by atoms with E-state index in [0.29, 0.717) is 24.6 Å². The van der Waals surface area contributed by atoms with Crippen molar-refractivity contribution in [2.24, 2.45) is 11.7 Å². The van der Waals surface area contributed by atoms with Crippen LogP contribution in [0.2, 0.25) is 0 Å². The summed E-state index contributed by atoms with van der Waals surface area (Å²) in [4.78, 5) is 12.2. The molecule has 20 heavy (non-hydrogen) atoms. The molecule has 0 aromatic heterocycles. The monoisotopic (exact) mass is 298 g/mol. The maximum absolute atomic E-state index is 12.0. The van der Waals surface area contributed by atoms with Crippen molar-refractivity contribution in [2.45, 2.75) is 24.7 Å². The number of amides is 1. The summed E-state index contributed by atoms with van der Waals surface area (Å²) in [6.45, 7) is 3.20. The lowest BCUT2D eigenvalue weighted by atomic mass is 10.0. The van der Waals surface area contributed by atoms with Crippen LogP contribution in [0.25, 0.3) is 0 Å². The predicted octanol–water partition coefficient (Wildman–Crippen LogP) is 1.19. The number of sulfone groups is 1. The smallest absolute Gasteiger partial charge is 0.251 e. The third-order valence-electron chi connectivity index (χ3n) is 3.23. The second kappa shape index (κ2) is 7.40. The van der Waals surface area contributed by atoms with Gasteiger partial charge in [-0.3, -0.25) is 4.79 Å². The van der Waals surface area contributed by atoms with Gasteiger partial charge in [-0.25, -0.2) is 8.42 Å². The van der Waals surface area contributed by atoms with E-state index >= 15 is 0 Å². The van der Waals surface area contributed by atoms with Crippen molar-refractivity contribution < 1.29 is 13.2 Å². The van der Waals surface area contributed by atoms with Gasteiger partial charge in [-0.1, -0.05) is 19.4 Å². The van der Waals surface area contributed by atoms with Gasteiger partial charge in [0.1, 0.15) is 0 Å². The molecule has 0 saturated heterocycles. The Hall–Kier alpha value is -1.40. The molecule has 0 radical (unpaired) electrons. The molecule has 1 rings (SSSR count). The van der Waals surface area contributed by atoms with E-state index < -0.39 is 9.84 Å². The molecule has 0 aliphatic carbocycles. The molecule has 6 heteroatoms. The molecule has 112 valence electrons. The number of carbonyl (C=O) groups excluding carboxylic acids is 1. The highest BCUT2D eigenvalue weighted by atomic mass is 32.2. The second-order valence-corrected chi connectivity index (χ2v) is 6.88. The molecular formula is C14H22N2O3S. The quantitative estimate of drug-likeness (QED) is 0.791. The molecule has 1 aromatic rings. The van der Waals surface area contributed by atoms with Gasteiger partial charge in [-0.05, 0) is 37.1 Å². The number of nitrogens with two attached hydrogens (primary N) is 1. The highest BCUT2D eigenvalue weighted by Crippen LogP contribution is 2.12. The van der Waals surface area contributed by atoms with Gasteiger partial charge in [0, 0.05) is 18.4 Å². The van der Waals surface area contributed by atoms with Gasteiger partial charge in [0.15, 0.2) is 9.84 Å². The maximum atomic E-state index is 12.0. The van der Waals surface area contributed by atoms with Crippen molar-refractivity contribution in [1.82, 2.24) is 5.32 Å². The van der Waals surface area contributed by atoms with Gasteiger partial charge in [0.05, 0.1) is 4.90 Å². The number of hydrogen-bond acceptors (Lipinski definition) is 4. The summed E-state index contributed by atoms with van der Waals surface area (Å²) in [5, 5.41) is 2.82. The zero-order valence-corrected chi connectivity index (χ0v) is 12.7. The number of rotatable bonds is 7. The van der Waals surface area contributed by atoms with Gasteiger partial charge < -0.3 is 11.1 Å². The summed E-state index contributed by atoms with van der Waals surface area (Å²) in [6, 6.07) is 6.06. The van der Waals surface area contributed by atoms with E-state index in [1.54, 1.807) is 12.1 Å². The minimum Gasteiger partial charge on any atom is -0.352 e. The van der Waals surface area contributed by atoms with Crippen LogP contribution in [0.3, 0.4) is 0 Å². The number of carbonyl (C=O) groups is 1. The van der Waals surface area contributed by atoms with Crippen molar-refractivity contribution in [3.63, 3.8) is 0 Å². The van der Waals surface area contributed by atoms with Gasteiger partial charge in [0.2, 0.25) is 0 Å². The number of hydrogen-bond donors (Lipinski definition) is 2. The molecule has 0 aliphatic heterocycles. The average Bonchev–Trinajstić information content (AvgIpc) is 2.42. The van der Waals surface area contributed by atoms with Crippen LogP contribution in [0.5, 0.6) is 0 Å². The summed E-state index contributed by atoms with van der Waals surface area (Å²) >= 11 is 0. The van der Waals surface area contributed by atoms with E-state index in [1.807, 2.05) is 0 Å². The zero-order valence-electron chi connectivity index (χ0n) is 11.9. The van der Waals surface area contributed by atoms with Crippen LogP contribution in [-0.2, 0) is 9.84 Å². The molecule has 1 unspecified atom stereocenters. The summed E-state index contributed by atoms with van der Waals surface area (Å²) in [7, 11) is -3.30. The molecule has 0 aliphatic rings. The Morgan fingerprint density at radius 3 is 2.65 bits per heavy atom. The van der Waals surface area contributed by atoms with Crippen LogP contribution >= 0.6 is 0 Å². The summed E-state index contributed by atoms with van der Waals surface area (Å²) in [5.74, 6) is 0.0908. The van der Waals surface area contributed by atoms with Crippen molar-refractivity contribution in [1.29, 1.82) is 0 Å². The highest BCUT2D eigenvalue weighted by molar-refractivity contribution is 7.90. The first kappa shape index (κ1) is 16.7. The van der Waals surface area contributed by atoms with Crippen LogP contribution in [0.1, 0.15) is 30.1 Å². The molecule has 1 aromatic carbocycles. The van der Waals surface area contributed by atoms with E-state index in [0.717, 1.165) is 19.1 Å². The van der Waals surface area contributed by atoms with E-state index in [2.05, 4.69) is 12.2 Å². The average molecular weight is 298 g/mol. The second-order valence-electron chi connectivity index (χ2n) is 4.86. The Kier molecular flexibility index (Phi) is 6.16. The van der Waals surface area contributed by atoms with Crippen LogP contribution in [-0.4, -0.2) is 33.7 Å². The molecule has 0 heterocycles. The zero-order chi connectivity index (χ0) is 15.2.